The first kappa shape index (κ1) is 14.0. The Balaban J connectivity index is 2.90. The fourth-order valence-corrected chi connectivity index (χ4v) is 2.03. The lowest BCUT2D eigenvalue weighted by Gasteiger charge is -2.28. The fraction of sp³-hybridized carbons (Fsp3) is 0.667. The molecule has 96 valence electrons. The summed E-state index contributed by atoms with van der Waals surface area (Å²) in [6.07, 6.45) is 4.81. The molecular weight excluding hydrogens is 210 g/mol. The van der Waals surface area contributed by atoms with Crippen molar-refractivity contribution < 1.29 is 4.74 Å². The number of hydrogen-bond donors (Lipinski definition) is 0. The SMILES string of the molecule is CCCCC(C)(CC)c1cccc(OCC)n1. The maximum atomic E-state index is 5.48. The molecule has 0 aromatic carbocycles. The van der Waals surface area contributed by atoms with Crippen LogP contribution in [0.3, 0.4) is 0 Å². The Kier molecular flexibility index (Phi) is 5.46. The van der Waals surface area contributed by atoms with Crippen LogP contribution in [0, 0.1) is 0 Å². The molecule has 0 amide bonds. The number of nitrogens with zero attached hydrogens (tertiary/aromatic N) is 1. The third-order valence-electron chi connectivity index (χ3n) is 3.50. The molecule has 1 aromatic heterocycles. The van der Waals surface area contributed by atoms with Gasteiger partial charge in [0.05, 0.1) is 12.3 Å². The summed E-state index contributed by atoms with van der Waals surface area (Å²) in [5, 5.41) is 0. The van der Waals surface area contributed by atoms with E-state index in [-0.39, 0.29) is 5.41 Å². The number of hydrogen-bond acceptors (Lipinski definition) is 2. The maximum Gasteiger partial charge on any atom is 0.213 e. The molecule has 2 heteroatoms. The Morgan fingerprint density at radius 1 is 1.24 bits per heavy atom. The highest BCUT2D eigenvalue weighted by Gasteiger charge is 2.25. The van der Waals surface area contributed by atoms with Gasteiger partial charge in [-0.15, -0.1) is 0 Å². The Hall–Kier alpha value is -1.05. The summed E-state index contributed by atoms with van der Waals surface area (Å²) >= 11 is 0. The molecule has 1 heterocycles. The van der Waals surface area contributed by atoms with Crippen LogP contribution in [0.15, 0.2) is 18.2 Å². The van der Waals surface area contributed by atoms with Gasteiger partial charge in [0.2, 0.25) is 5.88 Å². The zero-order valence-electron chi connectivity index (χ0n) is 11.6. The second kappa shape index (κ2) is 6.63. The highest BCUT2D eigenvalue weighted by Crippen LogP contribution is 2.32. The molecule has 1 aromatic rings. The summed E-state index contributed by atoms with van der Waals surface area (Å²) in [7, 11) is 0. The summed E-state index contributed by atoms with van der Waals surface area (Å²) in [4.78, 5) is 4.64. The Labute approximate surface area is 105 Å². The molecule has 0 saturated heterocycles. The van der Waals surface area contributed by atoms with Crippen molar-refractivity contribution in [3.8, 4) is 5.88 Å². The molecule has 2 nitrogen and oxygen atoms in total. The molecule has 0 bridgehead atoms. The highest BCUT2D eigenvalue weighted by atomic mass is 16.5. The predicted molar refractivity (Wildman–Crippen MR) is 72.6 cm³/mol. The van der Waals surface area contributed by atoms with Crippen molar-refractivity contribution in [2.75, 3.05) is 6.61 Å². The third kappa shape index (κ3) is 3.72. The van der Waals surface area contributed by atoms with Crippen molar-refractivity contribution in [2.24, 2.45) is 0 Å². The normalized spacial score (nSPS) is 14.4. The van der Waals surface area contributed by atoms with Crippen LogP contribution < -0.4 is 4.74 Å². The molecule has 1 unspecified atom stereocenters. The molecule has 1 rings (SSSR count). The molecule has 1 atom stereocenters. The van der Waals surface area contributed by atoms with Crippen LogP contribution in [0.4, 0.5) is 0 Å². The summed E-state index contributed by atoms with van der Waals surface area (Å²) in [6, 6.07) is 6.11. The monoisotopic (exact) mass is 235 g/mol. The topological polar surface area (TPSA) is 22.1 Å². The van der Waals surface area contributed by atoms with Crippen LogP contribution >= 0.6 is 0 Å². The van der Waals surface area contributed by atoms with Crippen LogP contribution in [0.5, 0.6) is 5.88 Å². The minimum absolute atomic E-state index is 0.184. The van der Waals surface area contributed by atoms with E-state index in [9.17, 15) is 0 Å². The van der Waals surface area contributed by atoms with Crippen molar-refractivity contribution in [1.29, 1.82) is 0 Å². The molecule has 0 aliphatic heterocycles. The first-order valence-corrected chi connectivity index (χ1v) is 6.76. The van der Waals surface area contributed by atoms with Gasteiger partial charge in [-0.05, 0) is 25.8 Å². The summed E-state index contributed by atoms with van der Waals surface area (Å²) in [5.41, 5.74) is 1.35. The van der Waals surface area contributed by atoms with Crippen molar-refractivity contribution in [1.82, 2.24) is 4.98 Å². The molecular formula is C15H25NO. The van der Waals surface area contributed by atoms with E-state index in [1.54, 1.807) is 0 Å². The molecule has 0 fully saturated rings. The van der Waals surface area contributed by atoms with Crippen LogP contribution in [-0.4, -0.2) is 11.6 Å². The van der Waals surface area contributed by atoms with Crippen molar-refractivity contribution >= 4 is 0 Å². The second-order valence-electron chi connectivity index (χ2n) is 4.81. The first-order chi connectivity index (χ1) is 8.16. The van der Waals surface area contributed by atoms with Crippen molar-refractivity contribution in [3.63, 3.8) is 0 Å². The van der Waals surface area contributed by atoms with Crippen LogP contribution in [-0.2, 0) is 5.41 Å². The summed E-state index contributed by atoms with van der Waals surface area (Å²) < 4.78 is 5.48. The van der Waals surface area contributed by atoms with E-state index in [0.717, 1.165) is 12.3 Å². The average Bonchev–Trinajstić information content (AvgIpc) is 2.37. The Morgan fingerprint density at radius 3 is 2.59 bits per heavy atom. The lowest BCUT2D eigenvalue weighted by molar-refractivity contribution is 0.318. The van der Waals surface area contributed by atoms with Gasteiger partial charge >= 0.3 is 0 Å². The van der Waals surface area contributed by atoms with Gasteiger partial charge in [-0.3, -0.25) is 0 Å². The van der Waals surface area contributed by atoms with E-state index in [0.29, 0.717) is 6.61 Å². The second-order valence-corrected chi connectivity index (χ2v) is 4.81. The van der Waals surface area contributed by atoms with E-state index in [2.05, 4.69) is 31.8 Å². The number of unbranched alkanes of at least 4 members (excludes halogenated alkanes) is 1. The maximum absolute atomic E-state index is 5.48. The number of ether oxygens (including phenoxy) is 1. The molecule has 0 aliphatic carbocycles. The summed E-state index contributed by atoms with van der Waals surface area (Å²) in [5.74, 6) is 0.751. The van der Waals surface area contributed by atoms with E-state index >= 15 is 0 Å². The van der Waals surface area contributed by atoms with E-state index in [1.807, 2.05) is 19.1 Å². The van der Waals surface area contributed by atoms with E-state index in [4.69, 9.17) is 4.74 Å². The van der Waals surface area contributed by atoms with Crippen molar-refractivity contribution in [3.05, 3.63) is 23.9 Å². The lowest BCUT2D eigenvalue weighted by atomic mass is 9.79. The van der Waals surface area contributed by atoms with Crippen molar-refractivity contribution in [2.45, 2.75) is 58.8 Å². The minimum atomic E-state index is 0.184. The largest absolute Gasteiger partial charge is 0.478 e. The Bertz CT molecular complexity index is 337. The third-order valence-corrected chi connectivity index (χ3v) is 3.50. The van der Waals surface area contributed by atoms with Crippen LogP contribution in [0.1, 0.15) is 59.1 Å². The number of rotatable bonds is 7. The van der Waals surface area contributed by atoms with Gasteiger partial charge in [-0.2, -0.15) is 0 Å². The number of pyridine rings is 1. The molecule has 0 N–H and O–H groups in total. The van der Waals surface area contributed by atoms with Gasteiger partial charge in [0.1, 0.15) is 0 Å². The van der Waals surface area contributed by atoms with Crippen LogP contribution in [0.25, 0.3) is 0 Å². The van der Waals surface area contributed by atoms with E-state index < -0.39 is 0 Å². The summed E-state index contributed by atoms with van der Waals surface area (Å²) in [6.45, 7) is 9.45. The fourth-order valence-electron chi connectivity index (χ4n) is 2.03. The standard InChI is InChI=1S/C15H25NO/c1-5-8-12-15(4,6-2)13-10-9-11-14(16-13)17-7-3/h9-11H,5-8,12H2,1-4H3. The zero-order valence-corrected chi connectivity index (χ0v) is 11.6. The molecule has 17 heavy (non-hydrogen) atoms. The smallest absolute Gasteiger partial charge is 0.213 e. The molecule has 0 radical (unpaired) electrons. The first-order valence-electron chi connectivity index (χ1n) is 6.76. The average molecular weight is 235 g/mol. The Morgan fingerprint density at radius 2 is 2.00 bits per heavy atom. The van der Waals surface area contributed by atoms with Gasteiger partial charge < -0.3 is 4.74 Å². The van der Waals surface area contributed by atoms with Gasteiger partial charge in [0.15, 0.2) is 0 Å². The molecule has 0 aliphatic rings. The quantitative estimate of drug-likeness (QED) is 0.701. The number of aromatic nitrogens is 1. The van der Waals surface area contributed by atoms with Gasteiger partial charge in [0, 0.05) is 11.5 Å². The van der Waals surface area contributed by atoms with Gasteiger partial charge in [-0.25, -0.2) is 4.98 Å². The molecule has 0 saturated carbocycles. The zero-order chi connectivity index (χ0) is 12.7. The van der Waals surface area contributed by atoms with Gasteiger partial charge in [-0.1, -0.05) is 39.7 Å². The van der Waals surface area contributed by atoms with E-state index in [1.165, 1.54) is 25.0 Å². The molecule has 0 spiro atoms. The lowest BCUT2D eigenvalue weighted by Crippen LogP contribution is -2.22. The minimum Gasteiger partial charge on any atom is -0.478 e. The van der Waals surface area contributed by atoms with Crippen LogP contribution in [0.2, 0.25) is 0 Å². The van der Waals surface area contributed by atoms with Gasteiger partial charge in [0.25, 0.3) is 0 Å². The predicted octanol–water partition coefficient (Wildman–Crippen LogP) is 4.34. The highest BCUT2D eigenvalue weighted by molar-refractivity contribution is 5.22.